The van der Waals surface area contributed by atoms with Crippen molar-refractivity contribution in [3.8, 4) is 0 Å². The van der Waals surface area contributed by atoms with Crippen LogP contribution in [0.15, 0.2) is 12.2 Å². The van der Waals surface area contributed by atoms with Crippen LogP contribution in [0.2, 0.25) is 4.44 Å². The van der Waals surface area contributed by atoms with Crippen molar-refractivity contribution >= 4 is 53.7 Å². The van der Waals surface area contributed by atoms with Gasteiger partial charge >= 0.3 is 134 Å². The standard InChI is InChI=1S/C12H17O4.3ClH.Sn/c1-4-6-9-7-5-8-12(9,10(13)15-2)11(14)16-3;;;;/h4,6,9H,1,5,7-8H2,2-3H3;3*1H;/q;;;;+3/p-3/b6-4+;;;;. The number of hydrogen-bond acceptors (Lipinski definition) is 4. The molecule has 114 valence electrons. The zero-order chi connectivity index (χ0) is 15.4. The van der Waals surface area contributed by atoms with Crippen molar-refractivity contribution in [2.75, 3.05) is 14.2 Å². The normalized spacial score (nSPS) is 21.9. The zero-order valence-corrected chi connectivity index (χ0v) is 16.4. The second-order valence-corrected chi connectivity index (χ2v) is 26.3. The van der Waals surface area contributed by atoms with Gasteiger partial charge in [0.25, 0.3) is 0 Å². The summed E-state index contributed by atoms with van der Waals surface area (Å²) in [6.45, 7) is 0. The van der Waals surface area contributed by atoms with E-state index in [1.165, 1.54) is 14.2 Å². The van der Waals surface area contributed by atoms with Crippen LogP contribution in [0.5, 0.6) is 0 Å². The molecule has 1 fully saturated rings. The first-order chi connectivity index (χ1) is 9.28. The van der Waals surface area contributed by atoms with Gasteiger partial charge in [-0.3, -0.25) is 0 Å². The Labute approximate surface area is 133 Å². The van der Waals surface area contributed by atoms with Gasteiger partial charge in [-0.1, -0.05) is 0 Å². The average Bonchev–Trinajstić information content (AvgIpc) is 2.80. The third-order valence-corrected chi connectivity index (χ3v) is 8.64. The van der Waals surface area contributed by atoms with E-state index in [2.05, 4.69) is 0 Å². The van der Waals surface area contributed by atoms with Gasteiger partial charge in [-0.05, 0) is 0 Å². The van der Waals surface area contributed by atoms with Crippen LogP contribution in [0.25, 0.3) is 0 Å². The molecule has 0 radical (unpaired) electrons. The van der Waals surface area contributed by atoms with Crippen molar-refractivity contribution in [2.24, 2.45) is 11.3 Å². The number of rotatable bonds is 5. The average molecular weight is 450 g/mol. The van der Waals surface area contributed by atoms with Crippen molar-refractivity contribution in [2.45, 2.75) is 23.7 Å². The number of methoxy groups -OCH3 is 2. The first kappa shape index (κ1) is 18.4. The van der Waals surface area contributed by atoms with E-state index in [-0.39, 0.29) is 5.92 Å². The van der Waals surface area contributed by atoms with Gasteiger partial charge in [0.05, 0.1) is 0 Å². The van der Waals surface area contributed by atoms with Gasteiger partial charge in [-0.25, -0.2) is 0 Å². The summed E-state index contributed by atoms with van der Waals surface area (Å²) in [5.41, 5.74) is -1.26. The Morgan fingerprint density at radius 3 is 2.25 bits per heavy atom. The van der Waals surface area contributed by atoms with E-state index in [0.29, 0.717) is 17.3 Å². The molecule has 0 aromatic rings. The van der Waals surface area contributed by atoms with Gasteiger partial charge in [0, 0.05) is 0 Å². The molecule has 0 saturated heterocycles. The minimum absolute atomic E-state index is 0.277. The summed E-state index contributed by atoms with van der Waals surface area (Å²) in [5.74, 6) is -1.40. The molecule has 0 amide bonds. The van der Waals surface area contributed by atoms with Crippen molar-refractivity contribution in [3.05, 3.63) is 12.2 Å². The predicted octanol–water partition coefficient (Wildman–Crippen LogP) is 3.33. The Morgan fingerprint density at radius 1 is 1.25 bits per heavy atom. The third-order valence-electron chi connectivity index (χ3n) is 3.54. The molecule has 0 N–H and O–H groups in total. The summed E-state index contributed by atoms with van der Waals surface area (Å²) in [6.07, 6.45) is 5.42. The predicted molar refractivity (Wildman–Crippen MR) is 81.1 cm³/mol. The van der Waals surface area contributed by atoms with E-state index >= 15 is 0 Å². The van der Waals surface area contributed by atoms with Crippen molar-refractivity contribution in [1.29, 1.82) is 0 Å². The quantitative estimate of drug-likeness (QED) is 0.279. The zero-order valence-electron chi connectivity index (χ0n) is 11.3. The minimum atomic E-state index is -3.44. The van der Waals surface area contributed by atoms with Gasteiger partial charge in [0.15, 0.2) is 0 Å². The molecule has 1 atom stereocenters. The Bertz CT molecular complexity index is 390. The van der Waals surface area contributed by atoms with Crippen LogP contribution in [0.4, 0.5) is 0 Å². The van der Waals surface area contributed by atoms with Crippen LogP contribution in [0.3, 0.4) is 0 Å². The van der Waals surface area contributed by atoms with Crippen LogP contribution < -0.4 is 0 Å². The molecule has 0 aliphatic heterocycles. The maximum absolute atomic E-state index is 12.1. The van der Waals surface area contributed by atoms with E-state index in [9.17, 15) is 9.59 Å². The molecule has 1 unspecified atom stereocenters. The summed E-state index contributed by atoms with van der Waals surface area (Å²) in [7, 11) is 20.2. The van der Waals surface area contributed by atoms with Crippen LogP contribution in [-0.2, 0) is 19.1 Å². The van der Waals surface area contributed by atoms with E-state index in [1.807, 2.05) is 0 Å². The Morgan fingerprint density at radius 2 is 1.80 bits per heavy atom. The molecular weight excluding hydrogens is 433 g/mol. The first-order valence-electron chi connectivity index (χ1n) is 6.18. The SMILES string of the molecule is COC(=O)C1(C(=O)OC)CCCC1/C=C/[CH2][Sn]([Cl])([Cl])[Cl]. The molecule has 0 aromatic carbocycles. The number of hydrogen-bond donors (Lipinski definition) is 0. The number of esters is 2. The number of ether oxygens (including phenoxy) is 2. The molecule has 0 bridgehead atoms. The second-order valence-electron chi connectivity index (χ2n) is 4.70. The molecule has 0 aromatic heterocycles. The van der Waals surface area contributed by atoms with Crippen LogP contribution in [0.1, 0.15) is 19.3 Å². The number of carbonyl (C=O) groups is 2. The van der Waals surface area contributed by atoms with Gasteiger partial charge in [0.1, 0.15) is 0 Å². The first-order valence-corrected chi connectivity index (χ1v) is 19.0. The fraction of sp³-hybridized carbons (Fsp3) is 0.667. The molecule has 8 heteroatoms. The monoisotopic (exact) mass is 450 g/mol. The van der Waals surface area contributed by atoms with Gasteiger partial charge in [-0.15, -0.1) is 0 Å². The molecule has 20 heavy (non-hydrogen) atoms. The summed E-state index contributed by atoms with van der Waals surface area (Å²) in [4.78, 5) is 24.2. The number of allylic oxidation sites excluding steroid dienone is 2. The molecule has 1 saturated carbocycles. The Balaban J connectivity index is 2.98. The second kappa shape index (κ2) is 7.56. The van der Waals surface area contributed by atoms with Crippen molar-refractivity contribution < 1.29 is 19.1 Å². The van der Waals surface area contributed by atoms with Crippen molar-refractivity contribution in [1.82, 2.24) is 0 Å². The maximum atomic E-state index is 12.1. The summed E-state index contributed by atoms with van der Waals surface area (Å²) < 4.78 is 10.0. The van der Waals surface area contributed by atoms with E-state index in [4.69, 9.17) is 36.2 Å². The van der Waals surface area contributed by atoms with Gasteiger partial charge in [-0.2, -0.15) is 0 Å². The van der Waals surface area contributed by atoms with Gasteiger partial charge in [0.2, 0.25) is 0 Å². The number of halogens is 3. The van der Waals surface area contributed by atoms with E-state index in [0.717, 1.165) is 6.42 Å². The Kier molecular flexibility index (Phi) is 6.96. The fourth-order valence-electron chi connectivity index (χ4n) is 2.61. The van der Waals surface area contributed by atoms with E-state index in [1.54, 1.807) is 12.2 Å². The molecule has 1 aliphatic carbocycles. The van der Waals surface area contributed by atoms with Crippen LogP contribution in [-0.4, -0.2) is 41.2 Å². The Hall–Kier alpha value is 0.349. The fourth-order valence-corrected chi connectivity index (χ4v) is 5.56. The summed E-state index contributed by atoms with van der Waals surface area (Å²) in [6, 6.07) is 0. The summed E-state index contributed by atoms with van der Waals surface area (Å²) in [5, 5.41) is 0. The molecule has 1 rings (SSSR count). The molecule has 4 nitrogen and oxygen atoms in total. The van der Waals surface area contributed by atoms with Crippen molar-refractivity contribution in [3.63, 3.8) is 0 Å². The van der Waals surface area contributed by atoms with Crippen LogP contribution in [0, 0.1) is 11.3 Å². The molecule has 1 aliphatic rings. The van der Waals surface area contributed by atoms with Crippen LogP contribution >= 0.6 is 26.8 Å². The third kappa shape index (κ3) is 4.18. The van der Waals surface area contributed by atoms with E-state index < -0.39 is 32.4 Å². The summed E-state index contributed by atoms with van der Waals surface area (Å²) >= 11 is -3.44. The van der Waals surface area contributed by atoms with Gasteiger partial charge < -0.3 is 0 Å². The topological polar surface area (TPSA) is 52.6 Å². The number of carbonyl (C=O) groups excluding carboxylic acids is 2. The molecular formula is C12H17Cl3O4Sn. The molecule has 0 spiro atoms. The molecule has 0 heterocycles.